The standard InChI is InChI=1S/C24H28N4O4S/c1-15-13-28(14-16(2)32-15)24-22-20(26-33-24)10-18(12-25-22)17-4-5-19(21(11-17)30-3)23(29)27-6-8-31-9-7-27/h4-5,10-12,15-16H,6-9,13-14H2,1-3H3/t15-,16+. The molecule has 1 amide bonds. The van der Waals surface area contributed by atoms with Crippen molar-refractivity contribution >= 4 is 33.5 Å². The number of hydrogen-bond acceptors (Lipinski definition) is 8. The number of morpholine rings is 2. The minimum Gasteiger partial charge on any atom is -0.496 e. The van der Waals surface area contributed by atoms with Crippen LogP contribution in [0.4, 0.5) is 5.00 Å². The van der Waals surface area contributed by atoms with E-state index in [4.69, 9.17) is 19.2 Å². The zero-order valence-corrected chi connectivity index (χ0v) is 19.9. The lowest BCUT2D eigenvalue weighted by Crippen LogP contribution is -2.45. The van der Waals surface area contributed by atoms with E-state index in [1.807, 2.05) is 30.5 Å². The summed E-state index contributed by atoms with van der Waals surface area (Å²) in [7, 11) is 1.59. The summed E-state index contributed by atoms with van der Waals surface area (Å²) < 4.78 is 21.5. The average Bonchev–Trinajstić information content (AvgIpc) is 3.26. The Balaban J connectivity index is 1.42. The van der Waals surface area contributed by atoms with Crippen LogP contribution in [-0.4, -0.2) is 78.9 Å². The van der Waals surface area contributed by atoms with Crippen molar-refractivity contribution in [3.05, 3.63) is 36.0 Å². The van der Waals surface area contributed by atoms with Crippen molar-refractivity contribution in [3.8, 4) is 16.9 Å². The molecule has 0 saturated carbocycles. The first-order chi connectivity index (χ1) is 16.0. The number of anilines is 1. The van der Waals surface area contributed by atoms with E-state index in [1.165, 1.54) is 11.5 Å². The van der Waals surface area contributed by atoms with E-state index in [0.29, 0.717) is 37.6 Å². The number of carbonyl (C=O) groups is 1. The van der Waals surface area contributed by atoms with E-state index in [9.17, 15) is 4.79 Å². The van der Waals surface area contributed by atoms with Crippen LogP contribution in [0.1, 0.15) is 24.2 Å². The van der Waals surface area contributed by atoms with Crippen molar-refractivity contribution in [2.24, 2.45) is 0 Å². The topological polar surface area (TPSA) is 77.0 Å². The Morgan fingerprint density at radius 2 is 1.88 bits per heavy atom. The molecule has 0 spiro atoms. The molecule has 0 bridgehead atoms. The van der Waals surface area contributed by atoms with Gasteiger partial charge in [-0.25, -0.2) is 0 Å². The number of benzene rings is 1. The molecule has 2 fully saturated rings. The highest BCUT2D eigenvalue weighted by molar-refractivity contribution is 7.11. The van der Waals surface area contributed by atoms with Crippen molar-refractivity contribution in [1.29, 1.82) is 0 Å². The van der Waals surface area contributed by atoms with E-state index >= 15 is 0 Å². The summed E-state index contributed by atoms with van der Waals surface area (Å²) in [6.07, 6.45) is 2.22. The molecule has 0 aliphatic carbocycles. The zero-order valence-electron chi connectivity index (χ0n) is 19.1. The van der Waals surface area contributed by atoms with Crippen LogP contribution in [0.5, 0.6) is 5.75 Å². The van der Waals surface area contributed by atoms with Crippen molar-refractivity contribution in [2.45, 2.75) is 26.1 Å². The second-order valence-electron chi connectivity index (χ2n) is 8.56. The highest BCUT2D eigenvalue weighted by atomic mass is 32.1. The first-order valence-corrected chi connectivity index (χ1v) is 12.0. The maximum Gasteiger partial charge on any atom is 0.257 e. The van der Waals surface area contributed by atoms with E-state index in [-0.39, 0.29) is 18.1 Å². The summed E-state index contributed by atoms with van der Waals surface area (Å²) in [4.78, 5) is 21.8. The van der Waals surface area contributed by atoms with E-state index in [1.54, 1.807) is 12.0 Å². The van der Waals surface area contributed by atoms with Gasteiger partial charge in [0.15, 0.2) is 0 Å². The highest BCUT2D eigenvalue weighted by Gasteiger charge is 2.26. The van der Waals surface area contributed by atoms with E-state index in [2.05, 4.69) is 23.1 Å². The molecule has 1 aromatic carbocycles. The van der Waals surface area contributed by atoms with Gasteiger partial charge >= 0.3 is 0 Å². The fourth-order valence-electron chi connectivity index (χ4n) is 4.52. The first kappa shape index (κ1) is 22.1. The zero-order chi connectivity index (χ0) is 22.9. The summed E-state index contributed by atoms with van der Waals surface area (Å²) in [6.45, 7) is 8.18. The van der Waals surface area contributed by atoms with Gasteiger partial charge in [0.05, 0.1) is 38.1 Å². The number of fused-ring (bicyclic) bond motifs is 1. The van der Waals surface area contributed by atoms with Gasteiger partial charge in [-0.3, -0.25) is 9.78 Å². The Kier molecular flexibility index (Phi) is 6.18. The summed E-state index contributed by atoms with van der Waals surface area (Å²) in [6, 6.07) is 7.72. The minimum absolute atomic E-state index is 0.0339. The highest BCUT2D eigenvalue weighted by Crippen LogP contribution is 2.35. The predicted octanol–water partition coefficient (Wildman–Crippen LogP) is 3.45. The van der Waals surface area contributed by atoms with Crippen molar-refractivity contribution in [3.63, 3.8) is 0 Å². The molecule has 9 heteroatoms. The molecule has 174 valence electrons. The predicted molar refractivity (Wildman–Crippen MR) is 128 cm³/mol. The maximum absolute atomic E-state index is 13.0. The SMILES string of the molecule is COc1cc(-c2cnc3c(N4C[C@@H](C)O[C@@H](C)C4)snc3c2)ccc1C(=O)N1CCOCC1. The maximum atomic E-state index is 13.0. The van der Waals surface area contributed by atoms with Crippen LogP contribution in [0, 0.1) is 0 Å². The Hall–Kier alpha value is -2.75. The molecule has 2 aliphatic heterocycles. The van der Waals surface area contributed by atoms with Crippen LogP contribution in [-0.2, 0) is 9.47 Å². The number of nitrogens with zero attached hydrogens (tertiary/aromatic N) is 4. The van der Waals surface area contributed by atoms with Crippen molar-refractivity contribution < 1.29 is 19.0 Å². The lowest BCUT2D eigenvalue weighted by molar-refractivity contribution is -0.00494. The quantitative estimate of drug-likeness (QED) is 0.580. The number of methoxy groups -OCH3 is 1. The fraction of sp³-hybridized carbons (Fsp3) is 0.458. The Morgan fingerprint density at radius 1 is 1.12 bits per heavy atom. The molecule has 0 radical (unpaired) electrons. The average molecular weight is 469 g/mol. The van der Waals surface area contributed by atoms with Gasteiger partial charge in [-0.2, -0.15) is 4.37 Å². The summed E-state index contributed by atoms with van der Waals surface area (Å²) in [5, 5.41) is 1.09. The monoisotopic (exact) mass is 468 g/mol. The molecule has 8 nitrogen and oxygen atoms in total. The number of pyridine rings is 1. The van der Waals surface area contributed by atoms with Gasteiger partial charge in [0.1, 0.15) is 21.8 Å². The largest absolute Gasteiger partial charge is 0.496 e. The number of carbonyl (C=O) groups excluding carboxylic acids is 1. The van der Waals surface area contributed by atoms with Crippen LogP contribution in [0.2, 0.25) is 0 Å². The third-order valence-electron chi connectivity index (χ3n) is 6.07. The molecule has 0 unspecified atom stereocenters. The molecule has 4 heterocycles. The summed E-state index contributed by atoms with van der Waals surface area (Å²) in [5.74, 6) is 0.521. The lowest BCUT2D eigenvalue weighted by Gasteiger charge is -2.35. The molecular formula is C24H28N4O4S. The van der Waals surface area contributed by atoms with Gasteiger partial charge in [-0.1, -0.05) is 6.07 Å². The van der Waals surface area contributed by atoms with Gasteiger partial charge in [-0.15, -0.1) is 0 Å². The van der Waals surface area contributed by atoms with Gasteiger partial charge in [-0.05, 0) is 49.1 Å². The Bertz CT molecular complexity index is 1150. The van der Waals surface area contributed by atoms with Gasteiger partial charge < -0.3 is 24.0 Å². The number of ether oxygens (including phenoxy) is 3. The van der Waals surface area contributed by atoms with Crippen LogP contribution in [0.15, 0.2) is 30.5 Å². The second-order valence-corrected chi connectivity index (χ2v) is 9.31. The minimum atomic E-state index is -0.0339. The molecule has 33 heavy (non-hydrogen) atoms. The molecule has 3 aromatic rings. The molecular weight excluding hydrogens is 440 g/mol. The van der Waals surface area contributed by atoms with Gasteiger partial charge in [0.25, 0.3) is 5.91 Å². The second kappa shape index (κ2) is 9.24. The lowest BCUT2D eigenvalue weighted by atomic mass is 10.0. The molecule has 2 saturated heterocycles. The first-order valence-electron chi connectivity index (χ1n) is 11.2. The van der Waals surface area contributed by atoms with Gasteiger partial charge in [0, 0.05) is 37.9 Å². The van der Waals surface area contributed by atoms with Crippen LogP contribution >= 0.6 is 11.5 Å². The normalized spacial score (nSPS) is 21.4. The smallest absolute Gasteiger partial charge is 0.257 e. The van der Waals surface area contributed by atoms with E-state index < -0.39 is 0 Å². The van der Waals surface area contributed by atoms with Crippen LogP contribution in [0.3, 0.4) is 0 Å². The summed E-state index contributed by atoms with van der Waals surface area (Å²) in [5.41, 5.74) is 4.21. The van der Waals surface area contributed by atoms with Crippen molar-refractivity contribution in [2.75, 3.05) is 51.4 Å². The third kappa shape index (κ3) is 4.40. The number of hydrogen-bond donors (Lipinski definition) is 0. The van der Waals surface area contributed by atoms with Crippen LogP contribution in [0.25, 0.3) is 22.2 Å². The fourth-order valence-corrected chi connectivity index (χ4v) is 5.35. The molecule has 2 aromatic heterocycles. The number of amides is 1. The molecule has 2 aliphatic rings. The number of rotatable bonds is 4. The summed E-state index contributed by atoms with van der Waals surface area (Å²) >= 11 is 1.48. The molecule has 2 atom stereocenters. The van der Waals surface area contributed by atoms with Crippen molar-refractivity contribution in [1.82, 2.24) is 14.3 Å². The Labute approximate surface area is 197 Å². The van der Waals surface area contributed by atoms with Crippen LogP contribution < -0.4 is 9.64 Å². The number of aromatic nitrogens is 2. The molecule has 5 rings (SSSR count). The van der Waals surface area contributed by atoms with Gasteiger partial charge in [0.2, 0.25) is 0 Å². The molecule has 0 N–H and O–H groups in total. The van der Waals surface area contributed by atoms with E-state index in [0.717, 1.165) is 40.3 Å². The Morgan fingerprint density at radius 3 is 2.61 bits per heavy atom. The third-order valence-corrected chi connectivity index (χ3v) is 6.98.